The highest BCUT2D eigenvalue weighted by Gasteiger charge is 2.26. The standard InChI is InChI=1S/C21H23N5O2/c1-15-7-6-10-18(16(15)2)24-11-13-25(14-12-24)20(27)19-22-21(28)26(23-19)17-8-4-3-5-9-17/h3-10H,11-14H2,1-2H3,(H,22,23,28). The maximum absolute atomic E-state index is 12.8. The van der Waals surface area contributed by atoms with Crippen LogP contribution in [0.3, 0.4) is 0 Å². The number of aryl methyl sites for hydroxylation is 1. The van der Waals surface area contributed by atoms with E-state index >= 15 is 0 Å². The molecule has 1 aliphatic rings. The van der Waals surface area contributed by atoms with E-state index in [0.717, 1.165) is 13.1 Å². The predicted octanol–water partition coefficient (Wildman–Crippen LogP) is 2.14. The van der Waals surface area contributed by atoms with E-state index in [4.69, 9.17) is 0 Å². The molecule has 4 rings (SSSR count). The Bertz CT molecular complexity index is 1050. The summed E-state index contributed by atoms with van der Waals surface area (Å²) in [7, 11) is 0. The second-order valence-corrected chi connectivity index (χ2v) is 7.02. The Morgan fingerprint density at radius 3 is 2.39 bits per heavy atom. The van der Waals surface area contributed by atoms with Crippen LogP contribution in [0.25, 0.3) is 5.69 Å². The number of para-hydroxylation sites is 1. The average molecular weight is 377 g/mol. The Hall–Kier alpha value is -3.35. The van der Waals surface area contributed by atoms with Crippen molar-refractivity contribution in [1.82, 2.24) is 19.7 Å². The first kappa shape index (κ1) is 18.0. The number of anilines is 1. The molecular formula is C21H23N5O2. The van der Waals surface area contributed by atoms with Crippen LogP contribution < -0.4 is 10.6 Å². The zero-order chi connectivity index (χ0) is 19.7. The van der Waals surface area contributed by atoms with Crippen molar-refractivity contribution in [3.8, 4) is 5.69 Å². The van der Waals surface area contributed by atoms with E-state index < -0.39 is 5.69 Å². The third-order valence-electron chi connectivity index (χ3n) is 5.30. The van der Waals surface area contributed by atoms with Crippen molar-refractivity contribution in [1.29, 1.82) is 0 Å². The van der Waals surface area contributed by atoms with Crippen LogP contribution in [0, 0.1) is 13.8 Å². The van der Waals surface area contributed by atoms with E-state index in [9.17, 15) is 9.59 Å². The third-order valence-corrected chi connectivity index (χ3v) is 5.30. The molecule has 3 aromatic rings. The summed E-state index contributed by atoms with van der Waals surface area (Å²) < 4.78 is 1.22. The van der Waals surface area contributed by atoms with E-state index in [1.54, 1.807) is 17.0 Å². The maximum Gasteiger partial charge on any atom is 0.348 e. The highest BCUT2D eigenvalue weighted by atomic mass is 16.2. The van der Waals surface area contributed by atoms with Gasteiger partial charge in [-0.3, -0.25) is 9.78 Å². The number of aromatic nitrogens is 3. The molecular weight excluding hydrogens is 354 g/mol. The first-order valence-corrected chi connectivity index (χ1v) is 9.40. The number of hydrogen-bond donors (Lipinski definition) is 1. The highest BCUT2D eigenvalue weighted by molar-refractivity contribution is 5.90. The fourth-order valence-corrected chi connectivity index (χ4v) is 3.54. The summed E-state index contributed by atoms with van der Waals surface area (Å²) in [5.74, 6) is -0.165. The first-order chi connectivity index (χ1) is 13.5. The van der Waals surface area contributed by atoms with Crippen LogP contribution in [0.15, 0.2) is 53.3 Å². The zero-order valence-corrected chi connectivity index (χ0v) is 16.1. The number of H-pyrrole nitrogens is 1. The Kier molecular flexibility index (Phi) is 4.73. The number of benzene rings is 2. The van der Waals surface area contributed by atoms with E-state index in [-0.39, 0.29) is 11.7 Å². The maximum atomic E-state index is 12.8. The minimum absolute atomic E-state index is 0.0778. The van der Waals surface area contributed by atoms with Gasteiger partial charge in [0.2, 0.25) is 5.82 Å². The molecule has 1 aromatic heterocycles. The number of hydrogen-bond acceptors (Lipinski definition) is 4. The third kappa shape index (κ3) is 3.31. The molecule has 0 saturated carbocycles. The topological polar surface area (TPSA) is 74.2 Å². The molecule has 0 aliphatic carbocycles. The Morgan fingerprint density at radius 2 is 1.68 bits per heavy atom. The fourth-order valence-electron chi connectivity index (χ4n) is 3.54. The Labute approximate surface area is 163 Å². The lowest BCUT2D eigenvalue weighted by atomic mass is 10.1. The molecule has 7 heteroatoms. The van der Waals surface area contributed by atoms with Crippen LogP contribution in [0.4, 0.5) is 5.69 Å². The van der Waals surface area contributed by atoms with Gasteiger partial charge in [0, 0.05) is 31.9 Å². The summed E-state index contributed by atoms with van der Waals surface area (Å²) in [5, 5.41) is 4.20. The lowest BCUT2D eigenvalue weighted by Crippen LogP contribution is -2.49. The Balaban J connectivity index is 1.48. The van der Waals surface area contributed by atoms with Gasteiger partial charge in [0.25, 0.3) is 5.91 Å². The number of nitrogens with zero attached hydrogens (tertiary/aromatic N) is 4. The predicted molar refractivity (Wildman–Crippen MR) is 108 cm³/mol. The first-order valence-electron chi connectivity index (χ1n) is 9.40. The van der Waals surface area contributed by atoms with Crippen LogP contribution >= 0.6 is 0 Å². The van der Waals surface area contributed by atoms with E-state index in [0.29, 0.717) is 18.8 Å². The molecule has 0 unspecified atom stereocenters. The van der Waals surface area contributed by atoms with E-state index in [2.05, 4.69) is 47.0 Å². The number of carbonyl (C=O) groups is 1. The lowest BCUT2D eigenvalue weighted by Gasteiger charge is -2.36. The van der Waals surface area contributed by atoms with Crippen LogP contribution in [-0.4, -0.2) is 51.8 Å². The van der Waals surface area contributed by atoms with E-state index in [1.165, 1.54) is 21.5 Å². The van der Waals surface area contributed by atoms with Gasteiger partial charge < -0.3 is 9.80 Å². The molecule has 0 spiro atoms. The molecule has 1 fully saturated rings. The number of piperazine rings is 1. The Morgan fingerprint density at radius 1 is 0.964 bits per heavy atom. The minimum atomic E-state index is -0.413. The lowest BCUT2D eigenvalue weighted by molar-refractivity contribution is 0.0734. The van der Waals surface area contributed by atoms with Gasteiger partial charge >= 0.3 is 5.69 Å². The molecule has 1 aliphatic heterocycles. The van der Waals surface area contributed by atoms with Crippen molar-refractivity contribution in [2.45, 2.75) is 13.8 Å². The molecule has 28 heavy (non-hydrogen) atoms. The molecule has 144 valence electrons. The van der Waals surface area contributed by atoms with Crippen molar-refractivity contribution in [3.63, 3.8) is 0 Å². The van der Waals surface area contributed by atoms with Crippen molar-refractivity contribution in [2.75, 3.05) is 31.1 Å². The van der Waals surface area contributed by atoms with Crippen molar-refractivity contribution >= 4 is 11.6 Å². The summed E-state index contributed by atoms with van der Waals surface area (Å²) in [5.41, 5.74) is 3.97. The van der Waals surface area contributed by atoms with Crippen LogP contribution in [0.5, 0.6) is 0 Å². The minimum Gasteiger partial charge on any atom is -0.368 e. The largest absolute Gasteiger partial charge is 0.368 e. The summed E-state index contributed by atoms with van der Waals surface area (Å²) in [6.07, 6.45) is 0. The fraction of sp³-hybridized carbons (Fsp3) is 0.286. The number of amides is 1. The van der Waals surface area contributed by atoms with Crippen LogP contribution in [-0.2, 0) is 0 Å². The quantitative estimate of drug-likeness (QED) is 0.759. The molecule has 0 bridgehead atoms. The van der Waals surface area contributed by atoms with Crippen LogP contribution in [0.1, 0.15) is 21.7 Å². The SMILES string of the molecule is Cc1cccc(N2CCN(C(=O)c3nn(-c4ccccc4)c(=O)[nH]3)CC2)c1C. The zero-order valence-electron chi connectivity index (χ0n) is 16.1. The smallest absolute Gasteiger partial charge is 0.348 e. The van der Waals surface area contributed by atoms with Gasteiger partial charge in [0.1, 0.15) is 0 Å². The van der Waals surface area contributed by atoms with Crippen molar-refractivity contribution < 1.29 is 4.79 Å². The molecule has 7 nitrogen and oxygen atoms in total. The van der Waals surface area contributed by atoms with Gasteiger partial charge in [-0.1, -0.05) is 30.3 Å². The van der Waals surface area contributed by atoms with E-state index in [1.807, 2.05) is 18.2 Å². The highest BCUT2D eigenvalue weighted by Crippen LogP contribution is 2.24. The molecule has 1 saturated heterocycles. The van der Waals surface area contributed by atoms with Gasteiger partial charge in [-0.25, -0.2) is 4.79 Å². The summed E-state index contributed by atoms with van der Waals surface area (Å²) in [6.45, 7) is 6.92. The number of nitrogens with one attached hydrogen (secondary N) is 1. The number of aromatic amines is 1. The summed E-state index contributed by atoms with van der Waals surface area (Å²) >= 11 is 0. The second-order valence-electron chi connectivity index (χ2n) is 7.02. The van der Waals surface area contributed by atoms with Gasteiger partial charge in [0.05, 0.1) is 5.69 Å². The second kappa shape index (κ2) is 7.34. The van der Waals surface area contributed by atoms with Gasteiger partial charge in [-0.2, -0.15) is 4.68 Å². The molecule has 1 N–H and O–H groups in total. The molecule has 2 heterocycles. The van der Waals surface area contributed by atoms with Gasteiger partial charge in [-0.05, 0) is 43.2 Å². The van der Waals surface area contributed by atoms with Crippen molar-refractivity contribution in [3.05, 3.63) is 76.0 Å². The number of rotatable bonds is 3. The molecule has 1 amide bonds. The van der Waals surface area contributed by atoms with Crippen LogP contribution in [0.2, 0.25) is 0 Å². The monoisotopic (exact) mass is 377 g/mol. The van der Waals surface area contributed by atoms with Gasteiger partial charge in [-0.15, -0.1) is 5.10 Å². The molecule has 2 aromatic carbocycles. The molecule has 0 radical (unpaired) electrons. The normalized spacial score (nSPS) is 14.4. The summed E-state index contributed by atoms with van der Waals surface area (Å²) in [6, 6.07) is 15.4. The van der Waals surface area contributed by atoms with Crippen molar-refractivity contribution in [2.24, 2.45) is 0 Å². The van der Waals surface area contributed by atoms with Gasteiger partial charge in [0.15, 0.2) is 0 Å². The number of carbonyl (C=O) groups excluding carboxylic acids is 1. The summed E-state index contributed by atoms with van der Waals surface area (Å²) in [4.78, 5) is 31.7. The average Bonchev–Trinajstić information content (AvgIpc) is 3.12. The molecule has 0 atom stereocenters.